The number of aryl methyl sites for hydroxylation is 1. The van der Waals surface area contributed by atoms with Gasteiger partial charge in [0.25, 0.3) is 11.8 Å². The third-order valence-electron chi connectivity index (χ3n) is 5.65. The maximum absolute atomic E-state index is 13.0. The van der Waals surface area contributed by atoms with Crippen molar-refractivity contribution >= 4 is 67.8 Å². The second kappa shape index (κ2) is 12.4. The second-order valence-corrected chi connectivity index (χ2v) is 10.9. The molecule has 4 rings (SSSR count). The molecule has 0 aliphatic carbocycles. The molecule has 0 spiro atoms. The Bertz CT molecular complexity index is 1360. The van der Waals surface area contributed by atoms with Crippen molar-refractivity contribution < 1.29 is 19.1 Å². The molecule has 2 amide bonds. The summed E-state index contributed by atoms with van der Waals surface area (Å²) in [6.45, 7) is 2.27. The Morgan fingerprint density at radius 3 is 2.62 bits per heavy atom. The Morgan fingerprint density at radius 1 is 1.11 bits per heavy atom. The lowest BCUT2D eigenvalue weighted by atomic mass is 10.1. The number of carbonyl (C=O) groups excluding carboxylic acids is 2. The zero-order valence-corrected chi connectivity index (χ0v) is 23.5. The number of nitrogens with one attached hydrogen (secondary N) is 1. The molecule has 0 bridgehead atoms. The molecule has 0 unspecified atom stereocenters. The highest BCUT2D eigenvalue weighted by molar-refractivity contribution is 9.10. The molecule has 0 radical (unpaired) electrons. The number of thioether (sulfide) groups is 1. The highest BCUT2D eigenvalue weighted by Crippen LogP contribution is 2.35. The van der Waals surface area contributed by atoms with Gasteiger partial charge in [-0.2, -0.15) is 0 Å². The summed E-state index contributed by atoms with van der Waals surface area (Å²) in [7, 11) is 1.53. The smallest absolute Gasteiger partial charge is 0.266 e. The lowest BCUT2D eigenvalue weighted by Gasteiger charge is -2.14. The van der Waals surface area contributed by atoms with Crippen LogP contribution in [0.5, 0.6) is 11.5 Å². The summed E-state index contributed by atoms with van der Waals surface area (Å²) in [4.78, 5) is 27.6. The van der Waals surface area contributed by atoms with Crippen LogP contribution in [0.1, 0.15) is 16.7 Å². The molecule has 6 nitrogen and oxygen atoms in total. The average Bonchev–Trinajstić information content (AvgIpc) is 3.15. The summed E-state index contributed by atoms with van der Waals surface area (Å²) in [5, 5.41) is 2.85. The van der Waals surface area contributed by atoms with E-state index >= 15 is 0 Å². The van der Waals surface area contributed by atoms with Crippen LogP contribution in [0.2, 0.25) is 0 Å². The number of carbonyl (C=O) groups is 2. The largest absolute Gasteiger partial charge is 0.493 e. The summed E-state index contributed by atoms with van der Waals surface area (Å²) < 4.78 is 12.7. The first-order valence-corrected chi connectivity index (χ1v) is 13.5. The van der Waals surface area contributed by atoms with Crippen molar-refractivity contribution in [1.29, 1.82) is 0 Å². The molecule has 1 saturated heterocycles. The van der Waals surface area contributed by atoms with Crippen molar-refractivity contribution in [1.82, 2.24) is 4.90 Å². The zero-order valence-electron chi connectivity index (χ0n) is 20.3. The molecular weight excluding hydrogens is 572 g/mol. The molecule has 0 atom stereocenters. The lowest BCUT2D eigenvalue weighted by Crippen LogP contribution is -2.30. The van der Waals surface area contributed by atoms with E-state index < -0.39 is 0 Å². The Balaban J connectivity index is 1.39. The second-order valence-electron chi connectivity index (χ2n) is 8.28. The monoisotopic (exact) mass is 596 g/mol. The first-order valence-electron chi connectivity index (χ1n) is 11.5. The predicted molar refractivity (Wildman–Crippen MR) is 156 cm³/mol. The first-order chi connectivity index (χ1) is 17.8. The first kappa shape index (κ1) is 26.9. The van der Waals surface area contributed by atoms with Crippen LogP contribution >= 0.6 is 39.9 Å². The SMILES string of the molecule is COc1cc(/C=C2\SC(=S)N(CCc3ccccc3)C2=O)ccc1OCC(=O)Nc1ccc(Br)cc1C. The number of benzene rings is 3. The predicted octanol–water partition coefficient (Wildman–Crippen LogP) is 6.23. The van der Waals surface area contributed by atoms with Gasteiger partial charge in [-0.25, -0.2) is 0 Å². The number of nitrogens with zero attached hydrogens (tertiary/aromatic N) is 1. The number of amides is 2. The summed E-state index contributed by atoms with van der Waals surface area (Å²) in [5.74, 6) is 0.500. The van der Waals surface area contributed by atoms with Crippen molar-refractivity contribution in [2.24, 2.45) is 0 Å². The fourth-order valence-electron chi connectivity index (χ4n) is 3.72. The fraction of sp³-hybridized carbons (Fsp3) is 0.179. The number of anilines is 1. The molecule has 1 aliphatic rings. The number of thiocarbonyl (C=S) groups is 1. The summed E-state index contributed by atoms with van der Waals surface area (Å²) in [6.07, 6.45) is 2.52. The fourth-order valence-corrected chi connectivity index (χ4v) is 5.50. The van der Waals surface area contributed by atoms with Crippen molar-refractivity contribution in [3.05, 3.63) is 92.8 Å². The standard InChI is InChI=1S/C28H25BrN2O4S2/c1-18-14-21(29)9-10-22(18)30-26(32)17-35-23-11-8-20(15-24(23)34-2)16-25-27(33)31(28(36)37-25)13-12-19-6-4-3-5-7-19/h3-11,14-16H,12-13,17H2,1-2H3,(H,30,32)/b25-16-. The highest BCUT2D eigenvalue weighted by Gasteiger charge is 2.31. The minimum absolute atomic E-state index is 0.106. The van der Waals surface area contributed by atoms with E-state index in [0.29, 0.717) is 27.3 Å². The molecule has 0 aromatic heterocycles. The topological polar surface area (TPSA) is 67.9 Å². The maximum Gasteiger partial charge on any atom is 0.266 e. The van der Waals surface area contributed by atoms with Gasteiger partial charge in [-0.05, 0) is 66.4 Å². The Morgan fingerprint density at radius 2 is 1.89 bits per heavy atom. The molecular formula is C28H25BrN2O4S2. The molecule has 190 valence electrons. The highest BCUT2D eigenvalue weighted by atomic mass is 79.9. The Kier molecular flexibility index (Phi) is 9.02. The van der Waals surface area contributed by atoms with Gasteiger partial charge in [0, 0.05) is 16.7 Å². The van der Waals surface area contributed by atoms with Gasteiger partial charge in [-0.15, -0.1) is 0 Å². The van der Waals surface area contributed by atoms with Crippen LogP contribution in [0, 0.1) is 6.92 Å². The van der Waals surface area contributed by atoms with Gasteiger partial charge < -0.3 is 14.8 Å². The number of rotatable bonds is 9. The van der Waals surface area contributed by atoms with Gasteiger partial charge in [0.05, 0.1) is 12.0 Å². The van der Waals surface area contributed by atoms with Crippen LogP contribution in [-0.4, -0.2) is 41.3 Å². The average molecular weight is 598 g/mol. The molecule has 1 aliphatic heterocycles. The molecule has 1 N–H and O–H groups in total. The number of halogens is 1. The van der Waals surface area contributed by atoms with E-state index in [1.54, 1.807) is 23.1 Å². The molecule has 37 heavy (non-hydrogen) atoms. The van der Waals surface area contributed by atoms with Gasteiger partial charge in [-0.3, -0.25) is 14.5 Å². The normalized spacial score (nSPS) is 14.2. The maximum atomic E-state index is 13.0. The van der Waals surface area contributed by atoms with E-state index in [-0.39, 0.29) is 18.4 Å². The molecule has 1 fully saturated rings. The summed E-state index contributed by atoms with van der Waals surface area (Å²) >= 11 is 10.2. The van der Waals surface area contributed by atoms with Crippen LogP contribution in [0.25, 0.3) is 6.08 Å². The van der Waals surface area contributed by atoms with Gasteiger partial charge >= 0.3 is 0 Å². The van der Waals surface area contributed by atoms with E-state index in [4.69, 9.17) is 21.7 Å². The molecule has 3 aromatic rings. The van der Waals surface area contributed by atoms with Crippen molar-refractivity contribution in [3.8, 4) is 11.5 Å². The summed E-state index contributed by atoms with van der Waals surface area (Å²) in [5.41, 5.74) is 3.58. The Hall–Kier alpha value is -3.14. The third-order valence-corrected chi connectivity index (χ3v) is 7.52. The zero-order chi connectivity index (χ0) is 26.4. The molecule has 3 aromatic carbocycles. The van der Waals surface area contributed by atoms with Crippen molar-refractivity contribution in [2.45, 2.75) is 13.3 Å². The van der Waals surface area contributed by atoms with Crippen LogP contribution in [0.3, 0.4) is 0 Å². The number of hydrogen-bond acceptors (Lipinski definition) is 6. The van der Waals surface area contributed by atoms with Crippen LogP contribution in [-0.2, 0) is 16.0 Å². The Labute approximate surface area is 234 Å². The van der Waals surface area contributed by atoms with E-state index in [1.807, 2.05) is 61.5 Å². The molecule has 9 heteroatoms. The lowest BCUT2D eigenvalue weighted by molar-refractivity contribution is -0.122. The molecule has 0 saturated carbocycles. The van der Waals surface area contributed by atoms with Crippen molar-refractivity contribution in [2.75, 3.05) is 25.6 Å². The van der Waals surface area contributed by atoms with Gasteiger partial charge in [0.1, 0.15) is 4.32 Å². The van der Waals surface area contributed by atoms with Crippen LogP contribution in [0.4, 0.5) is 5.69 Å². The van der Waals surface area contributed by atoms with E-state index in [9.17, 15) is 9.59 Å². The van der Waals surface area contributed by atoms with Gasteiger partial charge in [0.15, 0.2) is 18.1 Å². The van der Waals surface area contributed by atoms with Gasteiger partial charge in [-0.1, -0.05) is 76.3 Å². The van der Waals surface area contributed by atoms with E-state index in [0.717, 1.165) is 33.3 Å². The number of ether oxygens (including phenoxy) is 2. The molecule has 1 heterocycles. The van der Waals surface area contributed by atoms with Crippen LogP contribution < -0.4 is 14.8 Å². The number of methoxy groups -OCH3 is 1. The van der Waals surface area contributed by atoms with Crippen LogP contribution in [0.15, 0.2) is 76.1 Å². The third kappa shape index (κ3) is 7.00. The van der Waals surface area contributed by atoms with Gasteiger partial charge in [0.2, 0.25) is 0 Å². The number of hydrogen-bond donors (Lipinski definition) is 1. The van der Waals surface area contributed by atoms with E-state index in [2.05, 4.69) is 21.2 Å². The van der Waals surface area contributed by atoms with Crippen molar-refractivity contribution in [3.63, 3.8) is 0 Å². The minimum Gasteiger partial charge on any atom is -0.493 e. The van der Waals surface area contributed by atoms with E-state index in [1.165, 1.54) is 18.9 Å². The summed E-state index contributed by atoms with van der Waals surface area (Å²) in [6, 6.07) is 20.9. The minimum atomic E-state index is -0.282. The quantitative estimate of drug-likeness (QED) is 0.233.